The van der Waals surface area contributed by atoms with Crippen LogP contribution in [0.15, 0.2) is 18.3 Å². The molecule has 1 aliphatic heterocycles. The van der Waals surface area contributed by atoms with Gasteiger partial charge in [0.25, 0.3) is 0 Å². The predicted octanol–water partition coefficient (Wildman–Crippen LogP) is 1.79. The fourth-order valence-corrected chi connectivity index (χ4v) is 2.09. The number of aromatic nitrogens is 1. The van der Waals surface area contributed by atoms with Crippen LogP contribution in [0.3, 0.4) is 0 Å². The summed E-state index contributed by atoms with van der Waals surface area (Å²) in [6, 6.07) is 4.34. The predicted molar refractivity (Wildman–Crippen MR) is 66.1 cm³/mol. The zero-order valence-corrected chi connectivity index (χ0v) is 10.1. The van der Waals surface area contributed by atoms with Gasteiger partial charge in [-0.25, -0.2) is 0 Å². The molecule has 2 rings (SSSR count). The van der Waals surface area contributed by atoms with E-state index in [1.807, 2.05) is 6.20 Å². The zero-order chi connectivity index (χ0) is 11.2. The standard InChI is InChI=1S/C13H21N3/c1-2-14-9-12-5-6-13(15-10-12)11-16-7-3-4-8-16/h5-6,10,14H,2-4,7-9,11H2,1H3. The Balaban J connectivity index is 1.86. The molecule has 1 N–H and O–H groups in total. The third-order valence-corrected chi connectivity index (χ3v) is 3.05. The first-order chi connectivity index (χ1) is 7.88. The van der Waals surface area contributed by atoms with Crippen LogP contribution < -0.4 is 5.32 Å². The van der Waals surface area contributed by atoms with Crippen LogP contribution >= 0.6 is 0 Å². The van der Waals surface area contributed by atoms with Gasteiger partial charge in [0.2, 0.25) is 0 Å². The van der Waals surface area contributed by atoms with Crippen LogP contribution in [0.2, 0.25) is 0 Å². The van der Waals surface area contributed by atoms with E-state index >= 15 is 0 Å². The maximum atomic E-state index is 4.51. The number of nitrogens with zero attached hydrogens (tertiary/aromatic N) is 2. The smallest absolute Gasteiger partial charge is 0.0544 e. The average molecular weight is 219 g/mol. The number of nitrogens with one attached hydrogen (secondary N) is 1. The Morgan fingerprint density at radius 3 is 2.75 bits per heavy atom. The lowest BCUT2D eigenvalue weighted by atomic mass is 10.2. The van der Waals surface area contributed by atoms with Crippen molar-refractivity contribution < 1.29 is 0 Å². The quantitative estimate of drug-likeness (QED) is 0.818. The number of rotatable bonds is 5. The molecule has 0 spiro atoms. The van der Waals surface area contributed by atoms with Crippen molar-refractivity contribution in [3.8, 4) is 0 Å². The maximum Gasteiger partial charge on any atom is 0.0544 e. The first-order valence-corrected chi connectivity index (χ1v) is 6.25. The van der Waals surface area contributed by atoms with Crippen LogP contribution in [0.5, 0.6) is 0 Å². The second-order valence-corrected chi connectivity index (χ2v) is 4.42. The number of pyridine rings is 1. The van der Waals surface area contributed by atoms with Gasteiger partial charge in [-0.1, -0.05) is 13.0 Å². The van der Waals surface area contributed by atoms with Gasteiger partial charge in [-0.05, 0) is 44.1 Å². The molecule has 16 heavy (non-hydrogen) atoms. The largest absolute Gasteiger partial charge is 0.313 e. The molecule has 0 aromatic carbocycles. The van der Waals surface area contributed by atoms with Gasteiger partial charge in [-0.15, -0.1) is 0 Å². The fraction of sp³-hybridized carbons (Fsp3) is 0.615. The van der Waals surface area contributed by atoms with Crippen molar-refractivity contribution in [2.45, 2.75) is 32.9 Å². The molecule has 0 aliphatic carbocycles. The lowest BCUT2D eigenvalue weighted by molar-refractivity contribution is 0.327. The fourth-order valence-electron chi connectivity index (χ4n) is 2.09. The van der Waals surface area contributed by atoms with Gasteiger partial charge in [-0.2, -0.15) is 0 Å². The van der Waals surface area contributed by atoms with Crippen molar-refractivity contribution in [1.29, 1.82) is 0 Å². The summed E-state index contributed by atoms with van der Waals surface area (Å²) in [5.74, 6) is 0. The van der Waals surface area contributed by atoms with Crippen LogP contribution in [0.25, 0.3) is 0 Å². The van der Waals surface area contributed by atoms with Gasteiger partial charge in [0, 0.05) is 19.3 Å². The Hall–Kier alpha value is -0.930. The summed E-state index contributed by atoms with van der Waals surface area (Å²) < 4.78 is 0. The second kappa shape index (κ2) is 5.97. The van der Waals surface area contributed by atoms with E-state index in [9.17, 15) is 0 Å². The minimum absolute atomic E-state index is 0.924. The Labute approximate surface area is 97.9 Å². The third kappa shape index (κ3) is 3.29. The number of likely N-dealkylation sites (tertiary alicyclic amines) is 1. The highest BCUT2D eigenvalue weighted by Crippen LogP contribution is 2.11. The number of hydrogen-bond acceptors (Lipinski definition) is 3. The Bertz CT molecular complexity index is 301. The highest BCUT2D eigenvalue weighted by Gasteiger charge is 2.11. The summed E-state index contributed by atoms with van der Waals surface area (Å²) in [6.45, 7) is 7.54. The van der Waals surface area contributed by atoms with E-state index in [0.29, 0.717) is 0 Å². The van der Waals surface area contributed by atoms with Crippen molar-refractivity contribution in [2.75, 3.05) is 19.6 Å². The molecule has 2 heterocycles. The minimum Gasteiger partial charge on any atom is -0.313 e. The Morgan fingerprint density at radius 2 is 2.12 bits per heavy atom. The SMILES string of the molecule is CCNCc1ccc(CN2CCCC2)nc1. The molecule has 1 fully saturated rings. The normalized spacial score (nSPS) is 16.8. The molecule has 0 amide bonds. The van der Waals surface area contributed by atoms with Crippen LogP contribution in [-0.2, 0) is 13.1 Å². The monoisotopic (exact) mass is 219 g/mol. The Kier molecular flexibility index (Phi) is 4.31. The van der Waals surface area contributed by atoms with E-state index in [0.717, 1.165) is 19.6 Å². The molecule has 0 radical (unpaired) electrons. The molecule has 1 aromatic heterocycles. The molecular formula is C13H21N3. The van der Waals surface area contributed by atoms with Crippen molar-refractivity contribution in [2.24, 2.45) is 0 Å². The van der Waals surface area contributed by atoms with Gasteiger partial charge in [0.15, 0.2) is 0 Å². The summed E-state index contributed by atoms with van der Waals surface area (Å²) in [7, 11) is 0. The zero-order valence-electron chi connectivity index (χ0n) is 10.1. The van der Waals surface area contributed by atoms with Gasteiger partial charge in [-0.3, -0.25) is 9.88 Å². The van der Waals surface area contributed by atoms with Gasteiger partial charge < -0.3 is 5.32 Å². The van der Waals surface area contributed by atoms with Gasteiger partial charge >= 0.3 is 0 Å². The summed E-state index contributed by atoms with van der Waals surface area (Å²) in [5, 5.41) is 3.31. The summed E-state index contributed by atoms with van der Waals surface area (Å²) in [5.41, 5.74) is 2.47. The number of hydrogen-bond donors (Lipinski definition) is 1. The van der Waals surface area contributed by atoms with Crippen molar-refractivity contribution in [3.63, 3.8) is 0 Å². The third-order valence-electron chi connectivity index (χ3n) is 3.05. The maximum absolute atomic E-state index is 4.51. The molecule has 1 aliphatic rings. The average Bonchev–Trinajstić information content (AvgIpc) is 2.81. The molecule has 0 saturated carbocycles. The Morgan fingerprint density at radius 1 is 1.31 bits per heavy atom. The second-order valence-electron chi connectivity index (χ2n) is 4.42. The van der Waals surface area contributed by atoms with E-state index in [1.165, 1.54) is 37.2 Å². The van der Waals surface area contributed by atoms with E-state index < -0.39 is 0 Å². The van der Waals surface area contributed by atoms with Gasteiger partial charge in [0.05, 0.1) is 5.69 Å². The summed E-state index contributed by atoms with van der Waals surface area (Å²) >= 11 is 0. The highest BCUT2D eigenvalue weighted by atomic mass is 15.1. The lowest BCUT2D eigenvalue weighted by Crippen LogP contribution is -2.19. The molecule has 0 bridgehead atoms. The molecule has 3 nitrogen and oxygen atoms in total. The van der Waals surface area contributed by atoms with E-state index in [4.69, 9.17) is 0 Å². The van der Waals surface area contributed by atoms with Crippen molar-refractivity contribution >= 4 is 0 Å². The van der Waals surface area contributed by atoms with E-state index in [-0.39, 0.29) is 0 Å². The first-order valence-electron chi connectivity index (χ1n) is 6.25. The topological polar surface area (TPSA) is 28.2 Å². The minimum atomic E-state index is 0.924. The van der Waals surface area contributed by atoms with E-state index in [1.54, 1.807) is 0 Å². The van der Waals surface area contributed by atoms with Crippen molar-refractivity contribution in [1.82, 2.24) is 15.2 Å². The van der Waals surface area contributed by atoms with Gasteiger partial charge in [0.1, 0.15) is 0 Å². The molecule has 0 atom stereocenters. The molecule has 1 aromatic rings. The molecule has 3 heteroatoms. The first kappa shape index (κ1) is 11.6. The molecular weight excluding hydrogens is 198 g/mol. The summed E-state index contributed by atoms with van der Waals surface area (Å²) in [6.07, 6.45) is 4.69. The molecule has 0 unspecified atom stereocenters. The molecule has 1 saturated heterocycles. The molecule has 88 valence electrons. The van der Waals surface area contributed by atoms with Crippen LogP contribution in [-0.4, -0.2) is 29.5 Å². The van der Waals surface area contributed by atoms with E-state index in [2.05, 4.69) is 34.3 Å². The summed E-state index contributed by atoms with van der Waals surface area (Å²) in [4.78, 5) is 6.99. The lowest BCUT2D eigenvalue weighted by Gasteiger charge is -2.13. The van der Waals surface area contributed by atoms with Crippen LogP contribution in [0.1, 0.15) is 31.0 Å². The van der Waals surface area contributed by atoms with Crippen LogP contribution in [0, 0.1) is 0 Å². The highest BCUT2D eigenvalue weighted by molar-refractivity contribution is 5.14. The van der Waals surface area contributed by atoms with Crippen LogP contribution in [0.4, 0.5) is 0 Å². The van der Waals surface area contributed by atoms with Crippen molar-refractivity contribution in [3.05, 3.63) is 29.6 Å².